The zero-order chi connectivity index (χ0) is 15.2. The molecule has 1 saturated heterocycles. The summed E-state index contributed by atoms with van der Waals surface area (Å²) in [5.41, 5.74) is 2.18. The largest absolute Gasteiger partial charge is 0.468 e. The Morgan fingerprint density at radius 3 is 2.71 bits per heavy atom. The van der Waals surface area contributed by atoms with Gasteiger partial charge >= 0.3 is 5.97 Å². The summed E-state index contributed by atoms with van der Waals surface area (Å²) in [4.78, 5) is 25.4. The average molecular weight is 305 g/mol. The number of aryl methyl sites for hydroxylation is 1. The Morgan fingerprint density at radius 2 is 2.05 bits per heavy atom. The van der Waals surface area contributed by atoms with Crippen molar-refractivity contribution in [1.82, 2.24) is 4.90 Å². The Hall–Kier alpha value is -1.75. The highest BCUT2D eigenvalue weighted by Gasteiger charge is 2.28. The van der Waals surface area contributed by atoms with Crippen molar-refractivity contribution in [3.63, 3.8) is 0 Å². The third-order valence-electron chi connectivity index (χ3n) is 3.34. The van der Waals surface area contributed by atoms with Crippen LogP contribution in [-0.2, 0) is 14.3 Å². The first-order chi connectivity index (χ1) is 10.1. The quantitative estimate of drug-likeness (QED) is 0.634. The van der Waals surface area contributed by atoms with Crippen molar-refractivity contribution in [3.8, 4) is 0 Å². The molecule has 1 aliphatic rings. The molecule has 1 heterocycles. The molecule has 1 fully saturated rings. The normalized spacial score (nSPS) is 18.8. The number of rotatable bonds is 3. The van der Waals surface area contributed by atoms with E-state index in [4.69, 9.17) is 4.74 Å². The van der Waals surface area contributed by atoms with Crippen LogP contribution in [0.5, 0.6) is 0 Å². The van der Waals surface area contributed by atoms with Crippen LogP contribution in [0.15, 0.2) is 30.3 Å². The number of hydrogen-bond acceptors (Lipinski definition) is 4. The van der Waals surface area contributed by atoms with Gasteiger partial charge in [0.15, 0.2) is 0 Å². The van der Waals surface area contributed by atoms with Crippen molar-refractivity contribution in [1.29, 1.82) is 0 Å². The molecule has 0 aliphatic carbocycles. The standard InChI is InChI=1S/C16H19NO3S/c1-12-3-5-13(6-4-12)7-8-15(18)17-9-10-21-14(11-17)16(19)20-2/h3-8,14H,9-11H2,1-2H3/b8-7+/t14-/m0/s1. The van der Waals surface area contributed by atoms with Crippen LogP contribution in [-0.4, -0.2) is 48.0 Å². The molecule has 0 radical (unpaired) electrons. The number of thioether (sulfide) groups is 1. The van der Waals surface area contributed by atoms with Gasteiger partial charge in [-0.2, -0.15) is 0 Å². The predicted octanol–water partition coefficient (Wildman–Crippen LogP) is 2.13. The number of hydrogen-bond donors (Lipinski definition) is 0. The molecule has 5 heteroatoms. The monoisotopic (exact) mass is 305 g/mol. The minimum Gasteiger partial charge on any atom is -0.468 e. The van der Waals surface area contributed by atoms with E-state index in [0.29, 0.717) is 13.1 Å². The lowest BCUT2D eigenvalue weighted by molar-refractivity contribution is -0.140. The lowest BCUT2D eigenvalue weighted by Crippen LogP contribution is -2.44. The summed E-state index contributed by atoms with van der Waals surface area (Å²) in [7, 11) is 1.38. The zero-order valence-electron chi connectivity index (χ0n) is 12.2. The van der Waals surface area contributed by atoms with E-state index in [1.807, 2.05) is 31.2 Å². The van der Waals surface area contributed by atoms with E-state index in [1.165, 1.54) is 12.7 Å². The molecule has 4 nitrogen and oxygen atoms in total. The van der Waals surface area contributed by atoms with Crippen molar-refractivity contribution in [2.75, 3.05) is 26.0 Å². The summed E-state index contributed by atoms with van der Waals surface area (Å²) in [6.45, 7) is 3.10. The van der Waals surface area contributed by atoms with Gasteiger partial charge in [-0.05, 0) is 18.6 Å². The van der Waals surface area contributed by atoms with E-state index in [2.05, 4.69) is 0 Å². The molecule has 0 saturated carbocycles. The second-order valence-corrected chi connectivity index (χ2v) is 6.22. The number of ether oxygens (including phenoxy) is 1. The smallest absolute Gasteiger partial charge is 0.320 e. The Bertz CT molecular complexity index is 539. The Balaban J connectivity index is 1.96. The number of nitrogens with zero attached hydrogens (tertiary/aromatic N) is 1. The lowest BCUT2D eigenvalue weighted by Gasteiger charge is -2.30. The van der Waals surface area contributed by atoms with Crippen LogP contribution in [0, 0.1) is 6.92 Å². The molecule has 0 N–H and O–H groups in total. The summed E-state index contributed by atoms with van der Waals surface area (Å²) in [5.74, 6) is 0.425. The van der Waals surface area contributed by atoms with Crippen LogP contribution < -0.4 is 0 Å². The van der Waals surface area contributed by atoms with Crippen LogP contribution >= 0.6 is 11.8 Å². The molecule has 1 aromatic carbocycles. The molecule has 21 heavy (non-hydrogen) atoms. The van der Waals surface area contributed by atoms with Crippen molar-refractivity contribution in [3.05, 3.63) is 41.5 Å². The molecule has 0 spiro atoms. The number of carbonyl (C=O) groups is 2. The van der Waals surface area contributed by atoms with E-state index in [-0.39, 0.29) is 17.1 Å². The zero-order valence-corrected chi connectivity index (χ0v) is 13.1. The highest BCUT2D eigenvalue weighted by Crippen LogP contribution is 2.20. The average Bonchev–Trinajstić information content (AvgIpc) is 2.53. The highest BCUT2D eigenvalue weighted by molar-refractivity contribution is 8.00. The second-order valence-electron chi connectivity index (χ2n) is 4.91. The van der Waals surface area contributed by atoms with Gasteiger partial charge < -0.3 is 9.64 Å². The van der Waals surface area contributed by atoms with Gasteiger partial charge in [0.1, 0.15) is 5.25 Å². The molecule has 1 aliphatic heterocycles. The summed E-state index contributed by atoms with van der Waals surface area (Å²) in [6.07, 6.45) is 3.37. The topological polar surface area (TPSA) is 46.6 Å². The third kappa shape index (κ3) is 4.36. The molecule has 0 aromatic heterocycles. The Labute approximate surface area is 129 Å². The minimum absolute atomic E-state index is 0.0650. The van der Waals surface area contributed by atoms with Gasteiger partial charge in [-0.3, -0.25) is 9.59 Å². The van der Waals surface area contributed by atoms with Crippen molar-refractivity contribution >= 4 is 29.7 Å². The van der Waals surface area contributed by atoms with E-state index in [9.17, 15) is 9.59 Å². The van der Waals surface area contributed by atoms with Crippen LogP contribution in [0.2, 0.25) is 0 Å². The predicted molar refractivity (Wildman–Crippen MR) is 85.1 cm³/mol. The SMILES string of the molecule is COC(=O)[C@@H]1CN(C(=O)/C=C/c2ccc(C)cc2)CCS1. The number of carbonyl (C=O) groups excluding carboxylic acids is 2. The molecule has 2 rings (SSSR count). The van der Waals surface area contributed by atoms with E-state index in [0.717, 1.165) is 11.3 Å². The number of esters is 1. The lowest BCUT2D eigenvalue weighted by atomic mass is 10.1. The summed E-state index contributed by atoms with van der Waals surface area (Å²) in [6, 6.07) is 7.97. The third-order valence-corrected chi connectivity index (χ3v) is 4.50. The molecule has 1 amide bonds. The van der Waals surface area contributed by atoms with Crippen LogP contribution in [0.3, 0.4) is 0 Å². The summed E-state index contributed by atoms with van der Waals surface area (Å²) >= 11 is 1.54. The van der Waals surface area contributed by atoms with Crippen molar-refractivity contribution < 1.29 is 14.3 Å². The maximum absolute atomic E-state index is 12.2. The van der Waals surface area contributed by atoms with Gasteiger partial charge in [0.25, 0.3) is 0 Å². The molecule has 1 aromatic rings. The van der Waals surface area contributed by atoms with E-state index in [1.54, 1.807) is 28.8 Å². The van der Waals surface area contributed by atoms with Crippen LogP contribution in [0.4, 0.5) is 0 Å². The first-order valence-corrected chi connectivity index (χ1v) is 7.88. The summed E-state index contributed by atoms with van der Waals surface area (Å²) in [5, 5.41) is -0.277. The van der Waals surface area contributed by atoms with Gasteiger partial charge in [-0.25, -0.2) is 0 Å². The van der Waals surface area contributed by atoms with Gasteiger partial charge in [-0.1, -0.05) is 29.8 Å². The van der Waals surface area contributed by atoms with Crippen molar-refractivity contribution in [2.45, 2.75) is 12.2 Å². The molecule has 0 unspecified atom stereocenters. The Morgan fingerprint density at radius 1 is 1.33 bits per heavy atom. The van der Waals surface area contributed by atoms with Gasteiger partial charge in [0.05, 0.1) is 7.11 Å². The molecular weight excluding hydrogens is 286 g/mol. The van der Waals surface area contributed by atoms with Crippen LogP contribution in [0.1, 0.15) is 11.1 Å². The molecule has 1 atom stereocenters. The van der Waals surface area contributed by atoms with Gasteiger partial charge in [-0.15, -0.1) is 11.8 Å². The fourth-order valence-electron chi connectivity index (χ4n) is 2.07. The first-order valence-electron chi connectivity index (χ1n) is 6.83. The summed E-state index contributed by atoms with van der Waals surface area (Å²) < 4.78 is 4.74. The fraction of sp³-hybridized carbons (Fsp3) is 0.375. The highest BCUT2D eigenvalue weighted by atomic mass is 32.2. The minimum atomic E-state index is -0.277. The van der Waals surface area contributed by atoms with Crippen molar-refractivity contribution in [2.24, 2.45) is 0 Å². The van der Waals surface area contributed by atoms with Gasteiger partial charge in [0.2, 0.25) is 5.91 Å². The maximum atomic E-state index is 12.2. The molecule has 0 bridgehead atoms. The molecule has 112 valence electrons. The van der Waals surface area contributed by atoms with Gasteiger partial charge in [0, 0.05) is 24.9 Å². The number of benzene rings is 1. The number of amides is 1. The van der Waals surface area contributed by atoms with E-state index < -0.39 is 0 Å². The van der Waals surface area contributed by atoms with Crippen LogP contribution in [0.25, 0.3) is 6.08 Å². The fourth-order valence-corrected chi connectivity index (χ4v) is 3.20. The number of methoxy groups -OCH3 is 1. The first kappa shape index (κ1) is 15.6. The van der Waals surface area contributed by atoms with E-state index >= 15 is 0 Å². The maximum Gasteiger partial charge on any atom is 0.320 e. The Kier molecular flexibility index (Phi) is 5.44. The second kappa shape index (κ2) is 7.31. The molecular formula is C16H19NO3S.